The third kappa shape index (κ3) is 4.62. The van der Waals surface area contributed by atoms with Crippen LogP contribution in [0.15, 0.2) is 30.3 Å². The minimum atomic E-state index is -0.652. The van der Waals surface area contributed by atoms with Gasteiger partial charge in [-0.2, -0.15) is 0 Å². The molecule has 2 atom stereocenters. The highest BCUT2D eigenvalue weighted by Gasteiger charge is 2.31. The van der Waals surface area contributed by atoms with E-state index in [0.717, 1.165) is 13.0 Å². The van der Waals surface area contributed by atoms with Crippen molar-refractivity contribution in [3.63, 3.8) is 0 Å². The number of rotatable bonds is 8. The number of nitrogens with one attached hydrogen (secondary N) is 1. The molecule has 0 heterocycles. The first-order valence-corrected chi connectivity index (χ1v) is 7.12. The molecule has 0 bridgehead atoms. The Morgan fingerprint density at radius 1 is 1.40 bits per heavy atom. The van der Waals surface area contributed by atoms with Crippen LogP contribution in [0.4, 0.5) is 0 Å². The third-order valence-electron chi connectivity index (χ3n) is 4.15. The van der Waals surface area contributed by atoms with Crippen molar-refractivity contribution in [2.45, 2.75) is 38.3 Å². The smallest absolute Gasteiger partial charge is 0.237 e. The van der Waals surface area contributed by atoms with E-state index in [2.05, 4.69) is 48.5 Å². The summed E-state index contributed by atoms with van der Waals surface area (Å²) in [5.41, 5.74) is 6.15. The van der Waals surface area contributed by atoms with Crippen molar-refractivity contribution in [1.82, 2.24) is 10.2 Å². The molecule has 0 saturated carbocycles. The summed E-state index contributed by atoms with van der Waals surface area (Å²) in [6.07, 6.45) is 1.71. The van der Waals surface area contributed by atoms with Crippen LogP contribution in [0, 0.1) is 0 Å². The van der Waals surface area contributed by atoms with Gasteiger partial charge >= 0.3 is 0 Å². The van der Waals surface area contributed by atoms with Gasteiger partial charge < -0.3 is 16.0 Å². The maximum Gasteiger partial charge on any atom is 0.237 e. The largest absolute Gasteiger partial charge is 0.368 e. The number of carbonyl (C=O) groups is 1. The summed E-state index contributed by atoms with van der Waals surface area (Å²) in [6.45, 7) is 4.95. The van der Waals surface area contributed by atoms with Gasteiger partial charge in [-0.05, 0) is 46.3 Å². The first-order valence-electron chi connectivity index (χ1n) is 7.12. The molecule has 1 rings (SSSR count). The van der Waals surface area contributed by atoms with Crippen molar-refractivity contribution in [3.8, 4) is 0 Å². The van der Waals surface area contributed by atoms with Crippen LogP contribution in [0.1, 0.15) is 25.8 Å². The Balaban J connectivity index is 2.50. The van der Waals surface area contributed by atoms with Crippen molar-refractivity contribution in [1.29, 1.82) is 0 Å². The normalized spacial score (nSPS) is 15.8. The molecule has 1 amide bonds. The molecule has 4 heteroatoms. The van der Waals surface area contributed by atoms with Crippen LogP contribution in [0.5, 0.6) is 0 Å². The molecule has 0 aliphatic carbocycles. The Morgan fingerprint density at radius 3 is 2.50 bits per heavy atom. The summed E-state index contributed by atoms with van der Waals surface area (Å²) in [4.78, 5) is 13.8. The molecule has 0 aromatic heterocycles. The van der Waals surface area contributed by atoms with Crippen molar-refractivity contribution in [2.75, 3.05) is 20.6 Å². The Labute approximate surface area is 122 Å². The number of likely N-dealkylation sites (N-methyl/N-ethyl adjacent to an activating group) is 2. The SMILES string of the molecule is CNC(C)(CC(C)N(C)CCc1ccccc1)C(N)=O. The number of nitrogens with two attached hydrogens (primary N) is 1. The monoisotopic (exact) mass is 277 g/mol. The maximum atomic E-state index is 11.5. The van der Waals surface area contributed by atoms with Gasteiger partial charge in [0.25, 0.3) is 0 Å². The Hall–Kier alpha value is -1.39. The van der Waals surface area contributed by atoms with Crippen LogP contribution in [-0.2, 0) is 11.2 Å². The van der Waals surface area contributed by atoms with Gasteiger partial charge in [0.1, 0.15) is 0 Å². The van der Waals surface area contributed by atoms with Gasteiger partial charge in [0, 0.05) is 12.6 Å². The zero-order valence-corrected chi connectivity index (χ0v) is 13.0. The van der Waals surface area contributed by atoms with Crippen LogP contribution in [0.3, 0.4) is 0 Å². The second-order valence-corrected chi connectivity index (χ2v) is 5.72. The lowest BCUT2D eigenvalue weighted by molar-refractivity contribution is -0.124. The zero-order valence-electron chi connectivity index (χ0n) is 13.0. The molecule has 0 aliphatic rings. The van der Waals surface area contributed by atoms with Crippen LogP contribution >= 0.6 is 0 Å². The second kappa shape index (κ2) is 7.41. The number of primary amides is 1. The van der Waals surface area contributed by atoms with E-state index in [1.165, 1.54) is 5.56 Å². The first kappa shape index (κ1) is 16.7. The predicted octanol–water partition coefficient (Wildman–Crippen LogP) is 1.40. The van der Waals surface area contributed by atoms with E-state index >= 15 is 0 Å². The van der Waals surface area contributed by atoms with Crippen molar-refractivity contribution >= 4 is 5.91 Å². The van der Waals surface area contributed by atoms with E-state index in [4.69, 9.17) is 5.73 Å². The van der Waals surface area contributed by atoms with Gasteiger partial charge in [0.05, 0.1) is 5.54 Å². The van der Waals surface area contributed by atoms with Crippen LogP contribution in [0.2, 0.25) is 0 Å². The molecule has 20 heavy (non-hydrogen) atoms. The Bertz CT molecular complexity index is 421. The predicted molar refractivity (Wildman–Crippen MR) is 83.5 cm³/mol. The van der Waals surface area contributed by atoms with E-state index in [0.29, 0.717) is 6.42 Å². The average Bonchev–Trinajstić information content (AvgIpc) is 2.45. The molecule has 0 spiro atoms. The molecule has 0 fully saturated rings. The molecule has 0 aliphatic heterocycles. The fourth-order valence-electron chi connectivity index (χ4n) is 2.24. The molecule has 0 radical (unpaired) electrons. The lowest BCUT2D eigenvalue weighted by atomic mass is 9.92. The Morgan fingerprint density at radius 2 is 2.00 bits per heavy atom. The molecule has 1 aromatic carbocycles. The summed E-state index contributed by atoms with van der Waals surface area (Å²) in [5.74, 6) is -0.302. The summed E-state index contributed by atoms with van der Waals surface area (Å²) in [6, 6.07) is 10.7. The lowest BCUT2D eigenvalue weighted by Crippen LogP contribution is -2.54. The summed E-state index contributed by atoms with van der Waals surface area (Å²) < 4.78 is 0. The standard InChI is InChI=1S/C16H27N3O/c1-13(12-16(2,18-3)15(17)20)19(4)11-10-14-8-6-5-7-9-14/h5-9,13,18H,10-12H2,1-4H3,(H2,17,20). The highest BCUT2D eigenvalue weighted by Crippen LogP contribution is 2.15. The van der Waals surface area contributed by atoms with E-state index in [-0.39, 0.29) is 11.9 Å². The number of amides is 1. The number of hydrogen-bond acceptors (Lipinski definition) is 3. The minimum Gasteiger partial charge on any atom is -0.368 e. The zero-order chi connectivity index (χ0) is 15.2. The fraction of sp³-hybridized carbons (Fsp3) is 0.562. The maximum absolute atomic E-state index is 11.5. The van der Waals surface area contributed by atoms with Crippen LogP contribution in [0.25, 0.3) is 0 Å². The molecule has 2 unspecified atom stereocenters. The molecule has 112 valence electrons. The van der Waals surface area contributed by atoms with Crippen molar-refractivity contribution in [2.24, 2.45) is 5.73 Å². The summed E-state index contributed by atoms with van der Waals surface area (Å²) in [5, 5.41) is 3.04. The number of nitrogens with zero attached hydrogens (tertiary/aromatic N) is 1. The summed E-state index contributed by atoms with van der Waals surface area (Å²) in [7, 11) is 3.87. The van der Waals surface area contributed by atoms with Gasteiger partial charge in [0.15, 0.2) is 0 Å². The average molecular weight is 277 g/mol. The van der Waals surface area contributed by atoms with E-state index in [1.54, 1.807) is 7.05 Å². The van der Waals surface area contributed by atoms with E-state index in [9.17, 15) is 4.79 Å². The molecule has 1 aromatic rings. The van der Waals surface area contributed by atoms with Crippen molar-refractivity contribution < 1.29 is 4.79 Å². The highest BCUT2D eigenvalue weighted by molar-refractivity contribution is 5.84. The molecule has 4 nitrogen and oxygen atoms in total. The fourth-order valence-corrected chi connectivity index (χ4v) is 2.24. The van der Waals surface area contributed by atoms with Gasteiger partial charge in [0.2, 0.25) is 5.91 Å². The van der Waals surface area contributed by atoms with E-state index in [1.807, 2.05) is 13.0 Å². The van der Waals surface area contributed by atoms with Gasteiger partial charge in [-0.25, -0.2) is 0 Å². The van der Waals surface area contributed by atoms with Crippen LogP contribution < -0.4 is 11.1 Å². The summed E-state index contributed by atoms with van der Waals surface area (Å²) >= 11 is 0. The first-order chi connectivity index (χ1) is 9.39. The minimum absolute atomic E-state index is 0.281. The molecule has 0 saturated heterocycles. The second-order valence-electron chi connectivity index (χ2n) is 5.72. The van der Waals surface area contributed by atoms with Gasteiger partial charge in [-0.1, -0.05) is 30.3 Å². The van der Waals surface area contributed by atoms with Crippen molar-refractivity contribution in [3.05, 3.63) is 35.9 Å². The topological polar surface area (TPSA) is 58.4 Å². The lowest BCUT2D eigenvalue weighted by Gasteiger charge is -2.33. The van der Waals surface area contributed by atoms with Crippen LogP contribution in [-0.4, -0.2) is 43.0 Å². The third-order valence-corrected chi connectivity index (χ3v) is 4.15. The quantitative estimate of drug-likeness (QED) is 0.755. The molecule has 3 N–H and O–H groups in total. The number of benzene rings is 1. The molecular weight excluding hydrogens is 250 g/mol. The van der Waals surface area contributed by atoms with E-state index < -0.39 is 5.54 Å². The van der Waals surface area contributed by atoms with Gasteiger partial charge in [-0.15, -0.1) is 0 Å². The number of hydrogen-bond donors (Lipinski definition) is 2. The Kier molecular flexibility index (Phi) is 6.17. The number of carbonyl (C=O) groups excluding carboxylic acids is 1. The van der Waals surface area contributed by atoms with Gasteiger partial charge in [-0.3, -0.25) is 4.79 Å². The highest BCUT2D eigenvalue weighted by atomic mass is 16.1. The molecular formula is C16H27N3O.